The Morgan fingerprint density at radius 1 is 1.28 bits per heavy atom. The van der Waals surface area contributed by atoms with Crippen molar-refractivity contribution < 1.29 is 0 Å². The lowest BCUT2D eigenvalue weighted by Gasteiger charge is -2.32. The Balaban J connectivity index is 2.07. The van der Waals surface area contributed by atoms with E-state index in [-0.39, 0.29) is 6.04 Å². The Kier molecular flexibility index (Phi) is 4.85. The summed E-state index contributed by atoms with van der Waals surface area (Å²) in [6, 6.07) is 6.67. The Labute approximate surface area is 119 Å². The molecule has 0 spiro atoms. The second kappa shape index (κ2) is 6.21. The summed E-state index contributed by atoms with van der Waals surface area (Å²) in [4.78, 5) is 0. The standard InChI is InChI=1S/C16H24BrN/c1-3-12-5-7-13(8-6-12)16(18)15-10-14(17)9-4-11(15)2/h4,9-10,12-13,16H,3,5-8,18H2,1-2H3. The van der Waals surface area contributed by atoms with Gasteiger partial charge in [-0.05, 0) is 54.9 Å². The molecular weight excluding hydrogens is 286 g/mol. The zero-order valence-electron chi connectivity index (χ0n) is 11.5. The van der Waals surface area contributed by atoms with Gasteiger partial charge in [0.2, 0.25) is 0 Å². The molecule has 1 unspecified atom stereocenters. The Hall–Kier alpha value is -0.340. The first kappa shape index (κ1) is 14.1. The second-order valence-corrected chi connectivity index (χ2v) is 6.63. The molecule has 100 valence electrons. The van der Waals surface area contributed by atoms with Crippen LogP contribution in [-0.2, 0) is 0 Å². The van der Waals surface area contributed by atoms with Gasteiger partial charge in [-0.25, -0.2) is 0 Å². The average Bonchev–Trinajstić information content (AvgIpc) is 2.41. The number of aryl methyl sites for hydroxylation is 1. The molecule has 0 saturated heterocycles. The summed E-state index contributed by atoms with van der Waals surface area (Å²) in [5, 5.41) is 0. The van der Waals surface area contributed by atoms with Gasteiger partial charge in [-0.3, -0.25) is 0 Å². The second-order valence-electron chi connectivity index (χ2n) is 5.72. The summed E-state index contributed by atoms with van der Waals surface area (Å²) in [5.41, 5.74) is 9.15. The molecule has 0 aliphatic heterocycles. The van der Waals surface area contributed by atoms with Gasteiger partial charge >= 0.3 is 0 Å². The molecule has 1 aliphatic carbocycles. The van der Waals surface area contributed by atoms with Gasteiger partial charge in [-0.2, -0.15) is 0 Å². The third-order valence-corrected chi connectivity index (χ3v) is 5.07. The van der Waals surface area contributed by atoms with Crippen molar-refractivity contribution in [2.24, 2.45) is 17.6 Å². The molecular formula is C16H24BrN. The van der Waals surface area contributed by atoms with E-state index in [1.54, 1.807) is 0 Å². The predicted octanol–water partition coefficient (Wildman–Crippen LogP) is 4.97. The van der Waals surface area contributed by atoms with E-state index < -0.39 is 0 Å². The fourth-order valence-electron chi connectivity index (χ4n) is 3.18. The van der Waals surface area contributed by atoms with E-state index in [0.717, 1.165) is 10.4 Å². The molecule has 1 aromatic rings. The minimum absolute atomic E-state index is 0.209. The Morgan fingerprint density at radius 2 is 1.94 bits per heavy atom. The number of hydrogen-bond donors (Lipinski definition) is 1. The van der Waals surface area contributed by atoms with Gasteiger partial charge in [0.15, 0.2) is 0 Å². The van der Waals surface area contributed by atoms with Crippen LogP contribution in [0.2, 0.25) is 0 Å². The molecule has 1 saturated carbocycles. The van der Waals surface area contributed by atoms with E-state index in [1.165, 1.54) is 43.2 Å². The maximum absolute atomic E-state index is 6.51. The van der Waals surface area contributed by atoms with Crippen LogP contribution in [-0.4, -0.2) is 0 Å². The number of nitrogens with two attached hydrogens (primary N) is 1. The van der Waals surface area contributed by atoms with Crippen LogP contribution in [0.25, 0.3) is 0 Å². The molecule has 0 amide bonds. The van der Waals surface area contributed by atoms with Crippen LogP contribution in [0.5, 0.6) is 0 Å². The fraction of sp³-hybridized carbons (Fsp3) is 0.625. The summed E-state index contributed by atoms with van der Waals surface area (Å²) in [6.45, 7) is 4.47. The molecule has 2 heteroatoms. The third-order valence-electron chi connectivity index (χ3n) is 4.58. The highest BCUT2D eigenvalue weighted by Gasteiger charge is 2.26. The molecule has 1 atom stereocenters. The lowest BCUT2D eigenvalue weighted by atomic mass is 9.76. The summed E-state index contributed by atoms with van der Waals surface area (Å²) in [5.74, 6) is 1.61. The van der Waals surface area contributed by atoms with Crippen LogP contribution in [0.4, 0.5) is 0 Å². The molecule has 0 heterocycles. The van der Waals surface area contributed by atoms with Crippen molar-refractivity contribution in [1.82, 2.24) is 0 Å². The van der Waals surface area contributed by atoms with Gasteiger partial charge in [0, 0.05) is 10.5 Å². The lowest BCUT2D eigenvalue weighted by molar-refractivity contribution is 0.239. The lowest BCUT2D eigenvalue weighted by Crippen LogP contribution is -2.26. The third kappa shape index (κ3) is 3.16. The van der Waals surface area contributed by atoms with Crippen molar-refractivity contribution in [1.29, 1.82) is 0 Å². The zero-order chi connectivity index (χ0) is 13.1. The molecule has 2 rings (SSSR count). The first-order valence-electron chi connectivity index (χ1n) is 7.13. The Bertz CT molecular complexity index is 394. The SMILES string of the molecule is CCC1CCC(C(N)c2cc(Br)ccc2C)CC1. The number of rotatable bonds is 3. The highest BCUT2D eigenvalue weighted by molar-refractivity contribution is 9.10. The van der Waals surface area contributed by atoms with Crippen LogP contribution in [0.15, 0.2) is 22.7 Å². The van der Waals surface area contributed by atoms with Crippen LogP contribution in [0.1, 0.15) is 56.2 Å². The number of hydrogen-bond acceptors (Lipinski definition) is 1. The number of halogens is 1. The van der Waals surface area contributed by atoms with Crippen LogP contribution < -0.4 is 5.73 Å². The predicted molar refractivity (Wildman–Crippen MR) is 81.5 cm³/mol. The number of benzene rings is 1. The molecule has 2 N–H and O–H groups in total. The zero-order valence-corrected chi connectivity index (χ0v) is 13.0. The largest absolute Gasteiger partial charge is 0.324 e. The van der Waals surface area contributed by atoms with Crippen LogP contribution in [0, 0.1) is 18.8 Å². The monoisotopic (exact) mass is 309 g/mol. The van der Waals surface area contributed by atoms with Crippen molar-refractivity contribution >= 4 is 15.9 Å². The van der Waals surface area contributed by atoms with Crippen molar-refractivity contribution in [2.45, 2.75) is 52.0 Å². The first-order chi connectivity index (χ1) is 8.61. The van der Waals surface area contributed by atoms with E-state index in [2.05, 4.69) is 48.0 Å². The van der Waals surface area contributed by atoms with Crippen molar-refractivity contribution in [3.05, 3.63) is 33.8 Å². The smallest absolute Gasteiger partial charge is 0.0326 e. The van der Waals surface area contributed by atoms with Gasteiger partial charge in [0.25, 0.3) is 0 Å². The maximum Gasteiger partial charge on any atom is 0.0326 e. The molecule has 1 nitrogen and oxygen atoms in total. The molecule has 1 fully saturated rings. The summed E-state index contributed by atoms with van der Waals surface area (Å²) in [7, 11) is 0. The Morgan fingerprint density at radius 3 is 2.56 bits per heavy atom. The quantitative estimate of drug-likeness (QED) is 0.837. The molecule has 0 bridgehead atoms. The topological polar surface area (TPSA) is 26.0 Å². The fourth-order valence-corrected chi connectivity index (χ4v) is 3.56. The van der Waals surface area contributed by atoms with Crippen LogP contribution in [0.3, 0.4) is 0 Å². The minimum Gasteiger partial charge on any atom is -0.324 e. The molecule has 1 aliphatic rings. The van der Waals surface area contributed by atoms with Crippen LogP contribution >= 0.6 is 15.9 Å². The molecule has 1 aromatic carbocycles. The van der Waals surface area contributed by atoms with Gasteiger partial charge in [-0.15, -0.1) is 0 Å². The van der Waals surface area contributed by atoms with E-state index >= 15 is 0 Å². The van der Waals surface area contributed by atoms with Gasteiger partial charge < -0.3 is 5.73 Å². The normalized spacial score (nSPS) is 26.0. The first-order valence-corrected chi connectivity index (χ1v) is 7.92. The minimum atomic E-state index is 0.209. The van der Waals surface area contributed by atoms with Crippen molar-refractivity contribution in [3.8, 4) is 0 Å². The highest BCUT2D eigenvalue weighted by atomic mass is 79.9. The van der Waals surface area contributed by atoms with E-state index in [1.807, 2.05) is 0 Å². The molecule has 0 aromatic heterocycles. The van der Waals surface area contributed by atoms with Crippen molar-refractivity contribution in [3.63, 3.8) is 0 Å². The van der Waals surface area contributed by atoms with E-state index in [9.17, 15) is 0 Å². The molecule has 0 radical (unpaired) electrons. The van der Waals surface area contributed by atoms with Gasteiger partial charge in [0.1, 0.15) is 0 Å². The molecule has 18 heavy (non-hydrogen) atoms. The highest BCUT2D eigenvalue weighted by Crippen LogP contribution is 2.38. The maximum atomic E-state index is 6.51. The summed E-state index contributed by atoms with van der Waals surface area (Å²) in [6.07, 6.45) is 6.65. The summed E-state index contributed by atoms with van der Waals surface area (Å²) < 4.78 is 1.14. The van der Waals surface area contributed by atoms with Gasteiger partial charge in [0.05, 0.1) is 0 Å². The van der Waals surface area contributed by atoms with E-state index in [4.69, 9.17) is 5.73 Å². The van der Waals surface area contributed by atoms with Gasteiger partial charge in [-0.1, -0.05) is 48.2 Å². The van der Waals surface area contributed by atoms with Crippen molar-refractivity contribution in [2.75, 3.05) is 0 Å². The summed E-state index contributed by atoms with van der Waals surface area (Å²) >= 11 is 3.55. The average molecular weight is 310 g/mol. The van der Waals surface area contributed by atoms with E-state index in [0.29, 0.717) is 5.92 Å².